The number of hydroxylamine groups is 1. The highest BCUT2D eigenvalue weighted by Gasteiger charge is 2.06. The summed E-state index contributed by atoms with van der Waals surface area (Å²) in [4.78, 5) is 11.0. The van der Waals surface area contributed by atoms with Crippen molar-refractivity contribution in [2.75, 3.05) is 19.0 Å². The molecule has 0 unspecified atom stereocenters. The third kappa shape index (κ3) is 5.05. The molecule has 0 spiro atoms. The molecule has 0 aliphatic heterocycles. The average Bonchev–Trinajstić information content (AvgIpc) is 2.57. The highest BCUT2D eigenvalue weighted by atomic mass is 35.5. The Balaban J connectivity index is 1.88. The van der Waals surface area contributed by atoms with Crippen molar-refractivity contribution in [3.8, 4) is 11.5 Å². The van der Waals surface area contributed by atoms with E-state index in [2.05, 4.69) is 5.32 Å². The normalized spacial score (nSPS) is 10.0. The van der Waals surface area contributed by atoms with Gasteiger partial charge in [0.1, 0.15) is 11.5 Å². The van der Waals surface area contributed by atoms with Crippen LogP contribution in [0, 0.1) is 0 Å². The van der Waals surface area contributed by atoms with E-state index in [0.717, 1.165) is 17.7 Å². The number of halogens is 1. The van der Waals surface area contributed by atoms with Crippen LogP contribution < -0.4 is 20.3 Å². The summed E-state index contributed by atoms with van der Waals surface area (Å²) in [7, 11) is 1.63. The summed E-state index contributed by atoms with van der Waals surface area (Å²) in [5.74, 6) is 1.34. The highest BCUT2D eigenvalue weighted by Crippen LogP contribution is 2.27. The molecule has 0 aliphatic carbocycles. The van der Waals surface area contributed by atoms with Gasteiger partial charge in [0.15, 0.2) is 0 Å². The fraction of sp³-hybridized carbons (Fsp3) is 0.188. The number of urea groups is 1. The lowest BCUT2D eigenvalue weighted by atomic mass is 10.1. The molecule has 2 aromatic rings. The molecule has 2 aromatic carbocycles. The molecule has 2 amide bonds. The van der Waals surface area contributed by atoms with Crippen molar-refractivity contribution in [1.29, 1.82) is 0 Å². The molecular weight excluding hydrogens is 320 g/mol. The van der Waals surface area contributed by atoms with Crippen molar-refractivity contribution in [2.24, 2.45) is 0 Å². The van der Waals surface area contributed by atoms with Crippen LogP contribution in [0.2, 0.25) is 5.02 Å². The van der Waals surface area contributed by atoms with Crippen LogP contribution >= 0.6 is 11.6 Å². The number of hydrogen-bond donors (Lipinski definition) is 3. The Bertz CT molecular complexity index is 662. The van der Waals surface area contributed by atoms with Crippen molar-refractivity contribution in [2.45, 2.75) is 6.42 Å². The second-order valence-corrected chi connectivity index (χ2v) is 5.06. The van der Waals surface area contributed by atoms with Crippen LogP contribution in [0.1, 0.15) is 5.56 Å². The van der Waals surface area contributed by atoms with Gasteiger partial charge >= 0.3 is 6.03 Å². The van der Waals surface area contributed by atoms with Crippen molar-refractivity contribution in [3.63, 3.8) is 0 Å². The Morgan fingerprint density at radius 3 is 2.57 bits per heavy atom. The minimum Gasteiger partial charge on any atom is -0.497 e. The zero-order valence-corrected chi connectivity index (χ0v) is 13.3. The van der Waals surface area contributed by atoms with Gasteiger partial charge in [-0.05, 0) is 35.9 Å². The zero-order valence-electron chi connectivity index (χ0n) is 12.5. The number of nitrogens with one attached hydrogen (secondary N) is 2. The number of amides is 2. The summed E-state index contributed by atoms with van der Waals surface area (Å²) < 4.78 is 10.7. The predicted octanol–water partition coefficient (Wildman–Crippen LogP) is 3.48. The molecule has 0 aliphatic rings. The second-order valence-electron chi connectivity index (χ2n) is 4.66. The predicted molar refractivity (Wildman–Crippen MR) is 87.6 cm³/mol. The molecule has 0 radical (unpaired) electrons. The van der Waals surface area contributed by atoms with Crippen LogP contribution in [-0.2, 0) is 6.42 Å². The molecule has 3 N–H and O–H groups in total. The maximum Gasteiger partial charge on any atom is 0.342 e. The standard InChI is InChI=1S/C16H17ClN2O4/c1-22-13-5-2-11(3-6-13)8-9-23-15-7-4-12(10-14(15)17)18-16(20)19-21/h2-7,10,21H,8-9H2,1H3,(H2,18,19,20). The van der Waals surface area contributed by atoms with E-state index in [-0.39, 0.29) is 0 Å². The van der Waals surface area contributed by atoms with Crippen LogP contribution in [0.3, 0.4) is 0 Å². The first kappa shape index (κ1) is 16.9. The van der Waals surface area contributed by atoms with E-state index < -0.39 is 6.03 Å². The lowest BCUT2D eigenvalue weighted by Gasteiger charge is -2.10. The number of benzene rings is 2. The molecule has 0 aromatic heterocycles. The third-order valence-electron chi connectivity index (χ3n) is 3.10. The molecule has 0 heterocycles. The Morgan fingerprint density at radius 2 is 1.96 bits per heavy atom. The molecule has 0 atom stereocenters. The Morgan fingerprint density at radius 1 is 1.22 bits per heavy atom. The van der Waals surface area contributed by atoms with E-state index in [1.807, 2.05) is 24.3 Å². The molecule has 2 rings (SSSR count). The van der Waals surface area contributed by atoms with Crippen molar-refractivity contribution < 1.29 is 19.5 Å². The fourth-order valence-corrected chi connectivity index (χ4v) is 2.16. The molecule has 0 fully saturated rings. The van der Waals surface area contributed by atoms with E-state index in [0.29, 0.717) is 23.1 Å². The van der Waals surface area contributed by atoms with Crippen molar-refractivity contribution >= 4 is 23.3 Å². The summed E-state index contributed by atoms with van der Waals surface area (Å²) in [5.41, 5.74) is 3.05. The number of anilines is 1. The van der Waals surface area contributed by atoms with Gasteiger partial charge in [-0.15, -0.1) is 0 Å². The Labute approximate surface area is 138 Å². The van der Waals surface area contributed by atoms with E-state index >= 15 is 0 Å². The van der Waals surface area contributed by atoms with Crippen LogP contribution in [0.4, 0.5) is 10.5 Å². The lowest BCUT2D eigenvalue weighted by Crippen LogP contribution is -2.25. The first-order valence-electron chi connectivity index (χ1n) is 6.88. The molecule has 0 saturated carbocycles. The molecule has 23 heavy (non-hydrogen) atoms. The van der Waals surface area contributed by atoms with E-state index in [1.165, 1.54) is 5.48 Å². The van der Waals surface area contributed by atoms with E-state index in [4.69, 9.17) is 26.3 Å². The minimum absolute atomic E-state index is 0.371. The largest absolute Gasteiger partial charge is 0.497 e. The van der Waals surface area contributed by atoms with E-state index in [1.54, 1.807) is 25.3 Å². The van der Waals surface area contributed by atoms with Gasteiger partial charge in [0.25, 0.3) is 0 Å². The fourth-order valence-electron chi connectivity index (χ4n) is 1.93. The lowest BCUT2D eigenvalue weighted by molar-refractivity contribution is 0.172. The van der Waals surface area contributed by atoms with Crippen molar-refractivity contribution in [1.82, 2.24) is 5.48 Å². The van der Waals surface area contributed by atoms with Gasteiger partial charge in [-0.1, -0.05) is 23.7 Å². The minimum atomic E-state index is -0.741. The summed E-state index contributed by atoms with van der Waals surface area (Å²) in [6.45, 7) is 0.468. The van der Waals surface area contributed by atoms with Crippen molar-refractivity contribution in [3.05, 3.63) is 53.1 Å². The number of carbonyl (C=O) groups is 1. The van der Waals surface area contributed by atoms with Gasteiger partial charge in [-0.2, -0.15) is 0 Å². The second kappa shape index (κ2) is 8.26. The van der Waals surface area contributed by atoms with Crippen LogP contribution in [0.25, 0.3) is 0 Å². The summed E-state index contributed by atoms with van der Waals surface area (Å²) >= 11 is 6.10. The van der Waals surface area contributed by atoms with Gasteiger partial charge in [-0.25, -0.2) is 10.3 Å². The Kier molecular flexibility index (Phi) is 6.08. The maximum absolute atomic E-state index is 11.0. The highest BCUT2D eigenvalue weighted by molar-refractivity contribution is 6.32. The first-order chi connectivity index (χ1) is 11.1. The molecule has 0 saturated heterocycles. The molecule has 0 bridgehead atoms. The molecule has 7 heteroatoms. The van der Waals surface area contributed by atoms with Crippen LogP contribution in [0.15, 0.2) is 42.5 Å². The first-order valence-corrected chi connectivity index (χ1v) is 7.26. The quantitative estimate of drug-likeness (QED) is 0.557. The topological polar surface area (TPSA) is 79.8 Å². The number of hydrogen-bond acceptors (Lipinski definition) is 4. The number of carbonyl (C=O) groups excluding carboxylic acids is 1. The number of ether oxygens (including phenoxy) is 2. The molecular formula is C16H17ClN2O4. The van der Waals surface area contributed by atoms with Gasteiger partial charge in [0, 0.05) is 12.1 Å². The Hall–Kier alpha value is -2.44. The summed E-state index contributed by atoms with van der Waals surface area (Å²) in [6.07, 6.45) is 0.729. The van der Waals surface area contributed by atoms with Crippen LogP contribution in [-0.4, -0.2) is 25.0 Å². The molecule has 6 nitrogen and oxygen atoms in total. The van der Waals surface area contributed by atoms with Crippen LogP contribution in [0.5, 0.6) is 11.5 Å². The third-order valence-corrected chi connectivity index (χ3v) is 3.39. The molecule has 122 valence electrons. The van der Waals surface area contributed by atoms with Gasteiger partial charge in [-0.3, -0.25) is 5.21 Å². The summed E-state index contributed by atoms with van der Waals surface area (Å²) in [5, 5.41) is 11.2. The zero-order chi connectivity index (χ0) is 16.7. The van der Waals surface area contributed by atoms with Gasteiger partial charge in [0.2, 0.25) is 0 Å². The smallest absolute Gasteiger partial charge is 0.342 e. The monoisotopic (exact) mass is 336 g/mol. The SMILES string of the molecule is COc1ccc(CCOc2ccc(NC(=O)NO)cc2Cl)cc1. The van der Waals surface area contributed by atoms with Gasteiger partial charge < -0.3 is 14.8 Å². The van der Waals surface area contributed by atoms with Gasteiger partial charge in [0.05, 0.1) is 18.7 Å². The maximum atomic E-state index is 11.0. The van der Waals surface area contributed by atoms with E-state index in [9.17, 15) is 4.79 Å². The number of rotatable bonds is 6. The summed E-state index contributed by atoms with van der Waals surface area (Å²) in [6, 6.07) is 11.8. The average molecular weight is 337 g/mol. The number of methoxy groups -OCH3 is 1.